The van der Waals surface area contributed by atoms with Crippen LogP contribution in [0.2, 0.25) is 0 Å². The molecule has 0 aliphatic carbocycles. The number of ketones is 1. The van der Waals surface area contributed by atoms with Crippen molar-refractivity contribution in [1.82, 2.24) is 0 Å². The molecule has 3 aromatic rings. The van der Waals surface area contributed by atoms with Gasteiger partial charge in [0.15, 0.2) is 17.3 Å². The Morgan fingerprint density at radius 1 is 0.733 bits per heavy atom. The summed E-state index contributed by atoms with van der Waals surface area (Å²) in [4.78, 5) is 12.1. The van der Waals surface area contributed by atoms with Crippen molar-refractivity contribution < 1.29 is 23.7 Å². The molecule has 0 spiro atoms. The van der Waals surface area contributed by atoms with Gasteiger partial charge in [0.05, 0.1) is 19.5 Å². The molecule has 0 heterocycles. The molecular formula is C24H23BrO5. The number of alkyl halides is 1. The van der Waals surface area contributed by atoms with Crippen molar-refractivity contribution in [3.05, 3.63) is 83.4 Å². The number of carbonyl (C=O) groups excluding carboxylic acids is 1. The van der Waals surface area contributed by atoms with Gasteiger partial charge in [-0.1, -0.05) is 40.2 Å². The van der Waals surface area contributed by atoms with Gasteiger partial charge in [0.1, 0.15) is 24.7 Å². The van der Waals surface area contributed by atoms with E-state index in [1.807, 2.05) is 48.5 Å². The first kappa shape index (κ1) is 21.7. The molecule has 0 fully saturated rings. The molecule has 0 bridgehead atoms. The lowest BCUT2D eigenvalue weighted by Gasteiger charge is -2.14. The van der Waals surface area contributed by atoms with E-state index in [0.29, 0.717) is 30.3 Å². The first-order valence-corrected chi connectivity index (χ1v) is 10.5. The zero-order chi connectivity index (χ0) is 21.3. The number of methoxy groups -OCH3 is 2. The zero-order valence-electron chi connectivity index (χ0n) is 16.9. The van der Waals surface area contributed by atoms with E-state index in [1.54, 1.807) is 32.4 Å². The van der Waals surface area contributed by atoms with E-state index in [0.717, 1.165) is 22.6 Å². The fraction of sp³-hybridized carbons (Fsp3) is 0.208. The highest BCUT2D eigenvalue weighted by Crippen LogP contribution is 2.31. The van der Waals surface area contributed by atoms with Gasteiger partial charge >= 0.3 is 0 Å². The first-order chi connectivity index (χ1) is 14.6. The van der Waals surface area contributed by atoms with Crippen molar-refractivity contribution in [3.63, 3.8) is 0 Å². The minimum Gasteiger partial charge on any atom is -0.497 e. The lowest BCUT2D eigenvalue weighted by molar-refractivity contribution is 0.102. The second-order valence-corrected chi connectivity index (χ2v) is 7.05. The molecule has 0 aromatic heterocycles. The van der Waals surface area contributed by atoms with Crippen LogP contribution in [0.15, 0.2) is 66.7 Å². The normalized spacial score (nSPS) is 10.4. The van der Waals surface area contributed by atoms with Crippen LogP contribution in [0.4, 0.5) is 0 Å². The van der Waals surface area contributed by atoms with Crippen LogP contribution < -0.4 is 18.9 Å². The van der Waals surface area contributed by atoms with Gasteiger partial charge in [-0.15, -0.1) is 0 Å². The third-order valence-electron chi connectivity index (χ3n) is 4.49. The maximum atomic E-state index is 12.1. The number of rotatable bonds is 10. The van der Waals surface area contributed by atoms with Gasteiger partial charge in [-0.25, -0.2) is 0 Å². The fourth-order valence-electron chi connectivity index (χ4n) is 2.76. The highest BCUT2D eigenvalue weighted by atomic mass is 79.9. The van der Waals surface area contributed by atoms with Crippen LogP contribution in [0.3, 0.4) is 0 Å². The molecule has 3 aromatic carbocycles. The summed E-state index contributed by atoms with van der Waals surface area (Å²) in [5, 5.41) is 0.247. The van der Waals surface area contributed by atoms with E-state index in [2.05, 4.69) is 15.9 Å². The lowest BCUT2D eigenvalue weighted by atomic mass is 10.1. The second kappa shape index (κ2) is 10.7. The fourth-order valence-corrected chi connectivity index (χ4v) is 3.08. The Morgan fingerprint density at radius 2 is 1.23 bits per heavy atom. The standard InChI is InChI=1S/C24H23BrO5/c1-27-20-8-3-17(4-9-20)15-29-23-12-7-19(22(26)14-25)13-24(23)30-16-18-5-10-21(28-2)11-6-18/h3-13H,14-16H2,1-2H3. The predicted molar refractivity (Wildman–Crippen MR) is 119 cm³/mol. The maximum absolute atomic E-state index is 12.1. The Balaban J connectivity index is 1.75. The van der Waals surface area contributed by atoms with Gasteiger partial charge in [-0.2, -0.15) is 0 Å². The average Bonchev–Trinajstić information content (AvgIpc) is 2.81. The predicted octanol–water partition coefficient (Wildman–Crippen LogP) is 5.44. The van der Waals surface area contributed by atoms with Gasteiger partial charge in [0, 0.05) is 5.56 Å². The Hall–Kier alpha value is -2.99. The van der Waals surface area contributed by atoms with Crippen LogP contribution >= 0.6 is 15.9 Å². The number of hydrogen-bond donors (Lipinski definition) is 0. The topological polar surface area (TPSA) is 54.0 Å². The van der Waals surface area contributed by atoms with Gasteiger partial charge in [-0.05, 0) is 53.6 Å². The van der Waals surface area contributed by atoms with Crippen molar-refractivity contribution in [1.29, 1.82) is 0 Å². The minimum absolute atomic E-state index is 0.0222. The number of carbonyl (C=O) groups is 1. The minimum atomic E-state index is -0.0222. The van der Waals surface area contributed by atoms with Crippen LogP contribution in [-0.4, -0.2) is 25.3 Å². The summed E-state index contributed by atoms with van der Waals surface area (Å²) in [6, 6.07) is 20.5. The number of benzene rings is 3. The van der Waals surface area contributed by atoms with E-state index in [4.69, 9.17) is 18.9 Å². The molecule has 30 heavy (non-hydrogen) atoms. The van der Waals surface area contributed by atoms with E-state index in [9.17, 15) is 4.79 Å². The van der Waals surface area contributed by atoms with Crippen LogP contribution in [0, 0.1) is 0 Å². The van der Waals surface area contributed by atoms with Gasteiger partial charge in [-0.3, -0.25) is 4.79 Å². The summed E-state index contributed by atoms with van der Waals surface area (Å²) in [5.74, 6) is 2.65. The maximum Gasteiger partial charge on any atom is 0.173 e. The molecule has 6 heteroatoms. The van der Waals surface area contributed by atoms with Crippen molar-refractivity contribution in [2.24, 2.45) is 0 Å². The summed E-state index contributed by atoms with van der Waals surface area (Å²) in [5.41, 5.74) is 2.54. The third-order valence-corrected chi connectivity index (χ3v) is 5.00. The molecule has 0 radical (unpaired) electrons. The average molecular weight is 471 g/mol. The van der Waals surface area contributed by atoms with Gasteiger partial charge in [0.25, 0.3) is 0 Å². The summed E-state index contributed by atoms with van der Waals surface area (Å²) in [6.07, 6.45) is 0. The van der Waals surface area contributed by atoms with E-state index >= 15 is 0 Å². The highest BCUT2D eigenvalue weighted by molar-refractivity contribution is 9.09. The summed E-state index contributed by atoms with van der Waals surface area (Å²) in [6.45, 7) is 0.712. The quantitative estimate of drug-likeness (QED) is 0.291. The van der Waals surface area contributed by atoms with Crippen LogP contribution in [0.1, 0.15) is 21.5 Å². The van der Waals surface area contributed by atoms with E-state index in [-0.39, 0.29) is 11.1 Å². The van der Waals surface area contributed by atoms with Crippen LogP contribution in [0.25, 0.3) is 0 Å². The molecule has 0 unspecified atom stereocenters. The van der Waals surface area contributed by atoms with Crippen LogP contribution in [-0.2, 0) is 13.2 Å². The molecule has 0 saturated heterocycles. The highest BCUT2D eigenvalue weighted by Gasteiger charge is 2.12. The summed E-state index contributed by atoms with van der Waals surface area (Å²) >= 11 is 3.21. The first-order valence-electron chi connectivity index (χ1n) is 9.37. The molecule has 0 aliphatic rings. The number of halogens is 1. The molecule has 156 valence electrons. The molecule has 3 rings (SSSR count). The summed E-state index contributed by atoms with van der Waals surface area (Å²) in [7, 11) is 3.26. The van der Waals surface area contributed by atoms with Crippen molar-refractivity contribution in [3.8, 4) is 23.0 Å². The molecule has 0 N–H and O–H groups in total. The van der Waals surface area contributed by atoms with E-state index in [1.165, 1.54) is 0 Å². The Kier molecular flexibility index (Phi) is 7.74. The number of Topliss-reactive ketones (excluding diaryl/α,β-unsaturated/α-hetero) is 1. The van der Waals surface area contributed by atoms with Crippen molar-refractivity contribution in [2.75, 3.05) is 19.5 Å². The third kappa shape index (κ3) is 5.76. The monoisotopic (exact) mass is 470 g/mol. The molecule has 0 amide bonds. The lowest BCUT2D eigenvalue weighted by Crippen LogP contribution is -2.04. The van der Waals surface area contributed by atoms with Crippen molar-refractivity contribution >= 4 is 21.7 Å². The second-order valence-electron chi connectivity index (χ2n) is 6.49. The number of hydrogen-bond acceptors (Lipinski definition) is 5. The van der Waals surface area contributed by atoms with Crippen molar-refractivity contribution in [2.45, 2.75) is 13.2 Å². The molecule has 0 saturated carbocycles. The molecular weight excluding hydrogens is 448 g/mol. The molecule has 0 aliphatic heterocycles. The molecule has 0 atom stereocenters. The van der Waals surface area contributed by atoms with E-state index < -0.39 is 0 Å². The summed E-state index contributed by atoms with van der Waals surface area (Å²) < 4.78 is 22.3. The number of ether oxygens (including phenoxy) is 4. The Morgan fingerprint density at radius 3 is 1.70 bits per heavy atom. The van der Waals surface area contributed by atoms with Crippen LogP contribution in [0.5, 0.6) is 23.0 Å². The SMILES string of the molecule is COc1ccc(COc2ccc(C(=O)CBr)cc2OCc2ccc(OC)cc2)cc1. The largest absolute Gasteiger partial charge is 0.497 e. The molecule has 5 nitrogen and oxygen atoms in total. The van der Waals surface area contributed by atoms with Gasteiger partial charge in [0.2, 0.25) is 0 Å². The van der Waals surface area contributed by atoms with Gasteiger partial charge < -0.3 is 18.9 Å². The smallest absolute Gasteiger partial charge is 0.173 e. The Bertz CT molecular complexity index is 968. The zero-order valence-corrected chi connectivity index (χ0v) is 18.5. The Labute approximate surface area is 184 Å².